The summed E-state index contributed by atoms with van der Waals surface area (Å²) in [6.45, 7) is 0.363. The summed E-state index contributed by atoms with van der Waals surface area (Å²) in [5.41, 5.74) is 0.800. The second-order valence-electron chi connectivity index (χ2n) is 5.31. The number of methoxy groups -OCH3 is 1. The molecule has 7 nitrogen and oxygen atoms in total. The van der Waals surface area contributed by atoms with Crippen molar-refractivity contribution in [3.63, 3.8) is 0 Å². The number of amides is 1. The van der Waals surface area contributed by atoms with Crippen molar-refractivity contribution in [2.24, 2.45) is 0 Å². The minimum absolute atomic E-state index is 0.208. The Labute approximate surface area is 158 Å². The molecule has 8 heteroatoms. The highest BCUT2D eigenvalue weighted by molar-refractivity contribution is 9.10. The highest BCUT2D eigenvalue weighted by atomic mass is 79.9. The third-order valence-corrected chi connectivity index (χ3v) is 4.24. The molecule has 0 radical (unpaired) electrons. The molecular weight excluding hydrogens is 406 g/mol. The summed E-state index contributed by atoms with van der Waals surface area (Å²) in [5.74, 6) is 0.103. The predicted molar refractivity (Wildman–Crippen MR) is 97.0 cm³/mol. The zero-order valence-corrected chi connectivity index (χ0v) is 15.5. The van der Waals surface area contributed by atoms with Crippen LogP contribution in [0.4, 0.5) is 5.69 Å². The number of para-hydroxylation sites is 1. The first kappa shape index (κ1) is 18.1. The monoisotopic (exact) mass is 421 g/mol. The van der Waals surface area contributed by atoms with Gasteiger partial charge in [0.25, 0.3) is 5.91 Å². The standard InChI is InChI=1S/C18H16BrNO6/c1-23-14-8-11(9-15-17(14)25-7-6-24-15)18(22)26-10-16(21)20-13-5-3-2-4-12(13)19/h2-5,8-9H,6-7,10H2,1H3,(H,20,21). The lowest BCUT2D eigenvalue weighted by atomic mass is 10.1. The fourth-order valence-electron chi connectivity index (χ4n) is 2.35. The van der Waals surface area contributed by atoms with Crippen molar-refractivity contribution in [2.75, 3.05) is 32.2 Å². The quantitative estimate of drug-likeness (QED) is 0.747. The number of ether oxygens (including phenoxy) is 4. The van der Waals surface area contributed by atoms with E-state index in [0.29, 0.717) is 36.1 Å². The number of carbonyl (C=O) groups excluding carboxylic acids is 2. The molecule has 1 aliphatic heterocycles. The van der Waals surface area contributed by atoms with Gasteiger partial charge in [-0.25, -0.2) is 4.79 Å². The molecular formula is C18H16BrNO6. The van der Waals surface area contributed by atoms with E-state index in [1.807, 2.05) is 6.07 Å². The van der Waals surface area contributed by atoms with Crippen LogP contribution in [0.3, 0.4) is 0 Å². The van der Waals surface area contributed by atoms with Crippen molar-refractivity contribution in [1.82, 2.24) is 0 Å². The topological polar surface area (TPSA) is 83.1 Å². The molecule has 2 aromatic rings. The molecule has 0 aromatic heterocycles. The summed E-state index contributed by atoms with van der Waals surface area (Å²) in [5, 5.41) is 2.66. The lowest BCUT2D eigenvalue weighted by Crippen LogP contribution is -2.21. The fraction of sp³-hybridized carbons (Fsp3) is 0.222. The van der Waals surface area contributed by atoms with E-state index in [2.05, 4.69) is 21.2 Å². The molecule has 0 bridgehead atoms. The molecule has 136 valence electrons. The van der Waals surface area contributed by atoms with Crippen LogP contribution in [0.2, 0.25) is 0 Å². The lowest BCUT2D eigenvalue weighted by Gasteiger charge is -2.21. The zero-order chi connectivity index (χ0) is 18.5. The molecule has 0 unspecified atom stereocenters. The van der Waals surface area contributed by atoms with Crippen LogP contribution in [0.1, 0.15) is 10.4 Å². The van der Waals surface area contributed by atoms with Crippen molar-refractivity contribution in [3.05, 3.63) is 46.4 Å². The fourth-order valence-corrected chi connectivity index (χ4v) is 2.74. The van der Waals surface area contributed by atoms with Crippen LogP contribution in [0.5, 0.6) is 17.2 Å². The number of fused-ring (bicyclic) bond motifs is 1. The summed E-state index contributed by atoms with van der Waals surface area (Å²) in [6, 6.07) is 10.1. The highest BCUT2D eigenvalue weighted by Crippen LogP contribution is 2.40. The Morgan fingerprint density at radius 3 is 2.73 bits per heavy atom. The van der Waals surface area contributed by atoms with Gasteiger partial charge in [0.2, 0.25) is 5.75 Å². The molecule has 0 aliphatic carbocycles. The number of hydrogen-bond acceptors (Lipinski definition) is 6. The first-order valence-electron chi connectivity index (χ1n) is 7.77. The first-order chi connectivity index (χ1) is 12.6. The Morgan fingerprint density at radius 1 is 1.19 bits per heavy atom. The Bertz CT molecular complexity index is 821. The van der Waals surface area contributed by atoms with Gasteiger partial charge in [0.1, 0.15) is 13.2 Å². The first-order valence-corrected chi connectivity index (χ1v) is 8.57. The van der Waals surface area contributed by atoms with Crippen molar-refractivity contribution < 1.29 is 28.5 Å². The maximum absolute atomic E-state index is 12.3. The molecule has 1 N–H and O–H groups in total. The number of rotatable bonds is 5. The summed E-state index contributed by atoms with van der Waals surface area (Å²) in [7, 11) is 1.47. The summed E-state index contributed by atoms with van der Waals surface area (Å²) in [4.78, 5) is 24.2. The van der Waals surface area contributed by atoms with Crippen LogP contribution in [-0.4, -0.2) is 38.8 Å². The summed E-state index contributed by atoms with van der Waals surface area (Å²) in [6.07, 6.45) is 0. The van der Waals surface area contributed by atoms with Crippen LogP contribution >= 0.6 is 15.9 Å². The Balaban J connectivity index is 1.65. The molecule has 1 aliphatic rings. The van der Waals surface area contributed by atoms with Crippen LogP contribution < -0.4 is 19.5 Å². The minimum atomic E-state index is -0.664. The SMILES string of the molecule is COc1cc(C(=O)OCC(=O)Nc2ccccc2Br)cc2c1OCCO2. The number of anilines is 1. The molecule has 0 saturated heterocycles. The van der Waals surface area contributed by atoms with Gasteiger partial charge in [0.15, 0.2) is 18.1 Å². The molecule has 0 saturated carbocycles. The normalized spacial score (nSPS) is 12.2. The zero-order valence-electron chi connectivity index (χ0n) is 13.9. The average molecular weight is 422 g/mol. The second kappa shape index (κ2) is 8.09. The van der Waals surface area contributed by atoms with E-state index in [0.717, 1.165) is 4.47 Å². The van der Waals surface area contributed by atoms with Crippen molar-refractivity contribution in [2.45, 2.75) is 0 Å². The Morgan fingerprint density at radius 2 is 1.96 bits per heavy atom. The third-order valence-electron chi connectivity index (χ3n) is 3.55. The van der Waals surface area contributed by atoms with Gasteiger partial charge in [-0.05, 0) is 40.2 Å². The van der Waals surface area contributed by atoms with E-state index < -0.39 is 18.5 Å². The molecule has 1 heterocycles. The number of halogens is 1. The predicted octanol–water partition coefficient (Wildman–Crippen LogP) is 3.02. The molecule has 0 fully saturated rings. The van der Waals surface area contributed by atoms with E-state index in [9.17, 15) is 9.59 Å². The maximum Gasteiger partial charge on any atom is 0.338 e. The van der Waals surface area contributed by atoms with E-state index in [1.165, 1.54) is 19.2 Å². The number of benzene rings is 2. The smallest absolute Gasteiger partial charge is 0.338 e. The van der Waals surface area contributed by atoms with E-state index in [-0.39, 0.29) is 5.56 Å². The number of esters is 1. The average Bonchev–Trinajstić information content (AvgIpc) is 2.67. The molecule has 1 amide bonds. The Hall–Kier alpha value is -2.74. The van der Waals surface area contributed by atoms with Gasteiger partial charge in [-0.15, -0.1) is 0 Å². The second-order valence-corrected chi connectivity index (χ2v) is 6.16. The minimum Gasteiger partial charge on any atom is -0.493 e. The van der Waals surface area contributed by atoms with Crippen LogP contribution in [0.25, 0.3) is 0 Å². The number of carbonyl (C=O) groups is 2. The van der Waals surface area contributed by atoms with E-state index in [4.69, 9.17) is 18.9 Å². The molecule has 2 aromatic carbocycles. The molecule has 3 rings (SSSR count). The maximum atomic E-state index is 12.3. The van der Waals surface area contributed by atoms with Gasteiger partial charge < -0.3 is 24.3 Å². The third kappa shape index (κ3) is 4.08. The van der Waals surface area contributed by atoms with Gasteiger partial charge in [0.05, 0.1) is 18.4 Å². The van der Waals surface area contributed by atoms with Gasteiger partial charge in [-0.2, -0.15) is 0 Å². The van der Waals surface area contributed by atoms with Gasteiger partial charge >= 0.3 is 5.97 Å². The van der Waals surface area contributed by atoms with Crippen molar-refractivity contribution in [1.29, 1.82) is 0 Å². The highest BCUT2D eigenvalue weighted by Gasteiger charge is 2.22. The number of nitrogens with one attached hydrogen (secondary N) is 1. The van der Waals surface area contributed by atoms with Crippen molar-refractivity contribution in [3.8, 4) is 17.2 Å². The van der Waals surface area contributed by atoms with Crippen LogP contribution in [0.15, 0.2) is 40.9 Å². The molecule has 0 spiro atoms. The Kier molecular flexibility index (Phi) is 5.62. The van der Waals surface area contributed by atoms with Gasteiger partial charge in [-0.1, -0.05) is 12.1 Å². The van der Waals surface area contributed by atoms with Gasteiger partial charge in [-0.3, -0.25) is 4.79 Å². The van der Waals surface area contributed by atoms with Crippen LogP contribution in [0, 0.1) is 0 Å². The lowest BCUT2D eigenvalue weighted by molar-refractivity contribution is -0.119. The molecule has 0 atom stereocenters. The largest absolute Gasteiger partial charge is 0.493 e. The van der Waals surface area contributed by atoms with Crippen LogP contribution in [-0.2, 0) is 9.53 Å². The van der Waals surface area contributed by atoms with E-state index in [1.54, 1.807) is 18.2 Å². The van der Waals surface area contributed by atoms with Crippen molar-refractivity contribution >= 4 is 33.5 Å². The summed E-state index contributed by atoms with van der Waals surface area (Å²) < 4.78 is 22.0. The van der Waals surface area contributed by atoms with E-state index >= 15 is 0 Å². The summed E-state index contributed by atoms with van der Waals surface area (Å²) >= 11 is 3.33. The number of hydrogen-bond donors (Lipinski definition) is 1. The van der Waals surface area contributed by atoms with Gasteiger partial charge in [0, 0.05) is 4.47 Å². The molecule has 26 heavy (non-hydrogen) atoms.